The van der Waals surface area contributed by atoms with E-state index in [2.05, 4.69) is 23.9 Å². The van der Waals surface area contributed by atoms with Crippen LogP contribution in [0.1, 0.15) is 39.5 Å². The second-order valence-electron chi connectivity index (χ2n) is 3.80. The molecular formula is C10H20N3-. The molecule has 13 heavy (non-hydrogen) atoms. The zero-order valence-electron chi connectivity index (χ0n) is 8.74. The molecule has 0 atom stereocenters. The minimum Gasteiger partial charge on any atom is -0.712 e. The van der Waals surface area contributed by atoms with Crippen molar-refractivity contribution in [1.29, 1.82) is 0 Å². The second kappa shape index (κ2) is 5.32. The Bertz CT molecular complexity index is 146. The Morgan fingerprint density at radius 1 is 1.15 bits per heavy atom. The molecule has 0 N–H and O–H groups in total. The molecular weight excluding hydrogens is 162 g/mol. The fourth-order valence-electron chi connectivity index (χ4n) is 2.28. The van der Waals surface area contributed by atoms with Crippen molar-refractivity contribution >= 4 is 0 Å². The Morgan fingerprint density at radius 3 is 2.08 bits per heavy atom. The lowest BCUT2D eigenvalue weighted by Gasteiger charge is -2.35. The van der Waals surface area contributed by atoms with Crippen LogP contribution < -0.4 is 0 Å². The van der Waals surface area contributed by atoms with Crippen LogP contribution in [0.4, 0.5) is 0 Å². The summed E-state index contributed by atoms with van der Waals surface area (Å²) in [6.45, 7) is 6.71. The number of hydrogen-bond donors (Lipinski definition) is 0. The standard InChI is InChI=1S/C10H20N3/c1-3-13(4-2)10-7-5-9(12-11)6-8-10/h9-10H,3-8H2,1-2H3/q-1. The van der Waals surface area contributed by atoms with Crippen LogP contribution in [0.5, 0.6) is 0 Å². The summed E-state index contributed by atoms with van der Waals surface area (Å²) in [5.74, 6) is 0. The van der Waals surface area contributed by atoms with Crippen LogP contribution in [0.15, 0.2) is 5.11 Å². The Hall–Kier alpha value is -0.440. The molecule has 3 nitrogen and oxygen atoms in total. The molecule has 0 heterocycles. The summed E-state index contributed by atoms with van der Waals surface area (Å²) in [5.41, 5.74) is 8.64. The molecule has 76 valence electrons. The molecule has 0 amide bonds. The second-order valence-corrected chi connectivity index (χ2v) is 3.80. The lowest BCUT2D eigenvalue weighted by molar-refractivity contribution is 0.164. The van der Waals surface area contributed by atoms with Crippen molar-refractivity contribution in [2.24, 2.45) is 5.11 Å². The molecule has 1 saturated carbocycles. The van der Waals surface area contributed by atoms with E-state index in [4.69, 9.17) is 5.53 Å². The van der Waals surface area contributed by atoms with Gasteiger partial charge in [-0.25, -0.2) is 0 Å². The van der Waals surface area contributed by atoms with Gasteiger partial charge in [-0.05, 0) is 38.8 Å². The smallest absolute Gasteiger partial charge is 0.0264 e. The van der Waals surface area contributed by atoms with Gasteiger partial charge in [0.05, 0.1) is 0 Å². The Morgan fingerprint density at radius 2 is 1.69 bits per heavy atom. The Balaban J connectivity index is 2.34. The van der Waals surface area contributed by atoms with Gasteiger partial charge in [-0.15, -0.1) is 0 Å². The molecule has 3 heteroatoms. The average Bonchev–Trinajstić information content (AvgIpc) is 2.21. The molecule has 0 aromatic rings. The van der Waals surface area contributed by atoms with Gasteiger partial charge in [-0.1, -0.05) is 13.8 Å². The molecule has 0 saturated heterocycles. The molecule has 0 bridgehead atoms. The maximum atomic E-state index is 8.64. The van der Waals surface area contributed by atoms with Crippen molar-refractivity contribution in [1.82, 2.24) is 4.90 Å². The molecule has 0 aromatic carbocycles. The molecule has 0 unspecified atom stereocenters. The first-order valence-corrected chi connectivity index (χ1v) is 5.40. The lowest BCUT2D eigenvalue weighted by Crippen LogP contribution is -2.38. The topological polar surface area (TPSA) is 37.9 Å². The van der Waals surface area contributed by atoms with Crippen LogP contribution in [0.3, 0.4) is 0 Å². The zero-order valence-corrected chi connectivity index (χ0v) is 8.74. The third-order valence-corrected chi connectivity index (χ3v) is 3.16. The predicted octanol–water partition coefficient (Wildman–Crippen LogP) is 2.66. The molecule has 1 aliphatic carbocycles. The van der Waals surface area contributed by atoms with E-state index in [-0.39, 0.29) is 6.04 Å². The normalized spacial score (nSPS) is 29.2. The summed E-state index contributed by atoms with van der Waals surface area (Å²) in [6, 6.07) is 0.944. The Labute approximate surface area is 81.0 Å². The van der Waals surface area contributed by atoms with Crippen molar-refractivity contribution in [2.75, 3.05) is 13.1 Å². The highest BCUT2D eigenvalue weighted by Gasteiger charge is 2.22. The van der Waals surface area contributed by atoms with Crippen LogP contribution in [0.2, 0.25) is 0 Å². The highest BCUT2D eigenvalue weighted by molar-refractivity contribution is 4.81. The molecule has 1 fully saturated rings. The monoisotopic (exact) mass is 182 g/mol. The first-order valence-electron chi connectivity index (χ1n) is 5.40. The summed E-state index contributed by atoms with van der Waals surface area (Å²) in [4.78, 5) is 2.51. The van der Waals surface area contributed by atoms with Gasteiger partial charge in [0.15, 0.2) is 0 Å². The first kappa shape index (κ1) is 10.6. The van der Waals surface area contributed by atoms with Gasteiger partial charge in [0, 0.05) is 12.1 Å². The molecule has 0 aromatic heterocycles. The third-order valence-electron chi connectivity index (χ3n) is 3.16. The molecule has 0 spiro atoms. The minimum atomic E-state index is 0.215. The van der Waals surface area contributed by atoms with E-state index >= 15 is 0 Å². The van der Waals surface area contributed by atoms with E-state index < -0.39 is 0 Å². The Kier molecular flexibility index (Phi) is 4.36. The summed E-state index contributed by atoms with van der Waals surface area (Å²) in [5, 5.41) is 3.37. The summed E-state index contributed by atoms with van der Waals surface area (Å²) in [7, 11) is 0. The van der Waals surface area contributed by atoms with Crippen molar-refractivity contribution in [2.45, 2.75) is 51.6 Å². The average molecular weight is 182 g/mol. The van der Waals surface area contributed by atoms with E-state index in [9.17, 15) is 0 Å². The first-order chi connectivity index (χ1) is 6.31. The van der Waals surface area contributed by atoms with Crippen molar-refractivity contribution < 1.29 is 0 Å². The molecule has 1 rings (SSSR count). The summed E-state index contributed by atoms with van der Waals surface area (Å²) >= 11 is 0. The molecule has 0 aliphatic heterocycles. The molecule has 1 aliphatic rings. The van der Waals surface area contributed by atoms with Crippen LogP contribution in [-0.4, -0.2) is 30.1 Å². The van der Waals surface area contributed by atoms with Crippen molar-refractivity contribution in [3.8, 4) is 0 Å². The van der Waals surface area contributed by atoms with E-state index in [1.807, 2.05) is 0 Å². The lowest BCUT2D eigenvalue weighted by atomic mass is 9.90. The van der Waals surface area contributed by atoms with Crippen molar-refractivity contribution in [3.05, 3.63) is 5.53 Å². The summed E-state index contributed by atoms with van der Waals surface area (Å²) in [6.07, 6.45) is 4.49. The number of hydrogen-bond acceptors (Lipinski definition) is 2. The van der Waals surface area contributed by atoms with Crippen LogP contribution in [-0.2, 0) is 0 Å². The van der Waals surface area contributed by atoms with Gasteiger partial charge in [0.25, 0.3) is 0 Å². The summed E-state index contributed by atoms with van der Waals surface area (Å²) < 4.78 is 0. The van der Waals surface area contributed by atoms with E-state index in [0.29, 0.717) is 0 Å². The van der Waals surface area contributed by atoms with Crippen LogP contribution in [0.25, 0.3) is 5.53 Å². The van der Waals surface area contributed by atoms with E-state index in [0.717, 1.165) is 32.0 Å². The quantitative estimate of drug-likeness (QED) is 0.616. The fourth-order valence-corrected chi connectivity index (χ4v) is 2.28. The predicted molar refractivity (Wildman–Crippen MR) is 54.8 cm³/mol. The van der Waals surface area contributed by atoms with E-state index in [1.165, 1.54) is 12.8 Å². The third kappa shape index (κ3) is 2.76. The van der Waals surface area contributed by atoms with E-state index in [1.54, 1.807) is 0 Å². The van der Waals surface area contributed by atoms with Gasteiger partial charge in [0.1, 0.15) is 0 Å². The number of nitrogens with zero attached hydrogens (tertiary/aromatic N) is 3. The van der Waals surface area contributed by atoms with Crippen LogP contribution in [0, 0.1) is 0 Å². The largest absolute Gasteiger partial charge is 0.712 e. The maximum absolute atomic E-state index is 8.64. The van der Waals surface area contributed by atoms with Gasteiger partial charge in [-0.3, -0.25) is 0 Å². The van der Waals surface area contributed by atoms with Gasteiger partial charge in [-0.2, -0.15) is 0 Å². The molecule has 0 radical (unpaired) electrons. The van der Waals surface area contributed by atoms with Crippen molar-refractivity contribution in [3.63, 3.8) is 0 Å². The van der Waals surface area contributed by atoms with Gasteiger partial charge < -0.3 is 15.5 Å². The highest BCUT2D eigenvalue weighted by atomic mass is 15.1. The maximum Gasteiger partial charge on any atom is 0.0264 e. The number of rotatable bonds is 4. The van der Waals surface area contributed by atoms with Gasteiger partial charge >= 0.3 is 0 Å². The fraction of sp³-hybridized carbons (Fsp3) is 1.00. The van der Waals surface area contributed by atoms with Gasteiger partial charge in [0.2, 0.25) is 0 Å². The van der Waals surface area contributed by atoms with Crippen LogP contribution >= 0.6 is 0 Å². The highest BCUT2D eigenvalue weighted by Crippen LogP contribution is 2.24. The minimum absolute atomic E-state index is 0.215. The SMILES string of the molecule is CCN(CC)C1CCC(N=[N-])CC1. The zero-order chi connectivity index (χ0) is 9.68.